The molecule has 0 aromatic carbocycles. The maximum absolute atomic E-state index is 9.36. The molecule has 3 fully saturated rings. The first-order valence-electron chi connectivity index (χ1n) is 9.01. The summed E-state index contributed by atoms with van der Waals surface area (Å²) in [7, 11) is 0. The molecule has 0 aromatic rings. The average Bonchev–Trinajstić information content (AvgIpc) is 2.92. The molecule has 0 amide bonds. The third-order valence-corrected chi connectivity index (χ3v) is 6.24. The molecular weight excluding hydrogens is 258 g/mol. The number of hydrogen-bond donors (Lipinski definition) is 1. The zero-order valence-electron chi connectivity index (χ0n) is 13.3. The monoisotopic (exact) mass is 289 g/mol. The maximum Gasteiger partial charge on any atom is 0.0445 e. The van der Waals surface area contributed by atoms with Gasteiger partial charge in [-0.1, -0.05) is 31.2 Å². The van der Waals surface area contributed by atoms with Gasteiger partial charge in [-0.15, -0.1) is 0 Å². The van der Waals surface area contributed by atoms with Crippen LogP contribution in [0.25, 0.3) is 0 Å². The molecule has 2 heteroatoms. The molecule has 3 aliphatic rings. The number of aliphatic hydroxyl groups excluding tert-OH is 1. The molecule has 1 aliphatic carbocycles. The SMILES string of the molecule is C=C/C=C\C[C@@H]1CCC[C@@H]2[C@H]1CC[C@H]1CC[C@@H](CCO)N12. The summed E-state index contributed by atoms with van der Waals surface area (Å²) >= 11 is 0. The minimum Gasteiger partial charge on any atom is -0.396 e. The highest BCUT2D eigenvalue weighted by Gasteiger charge is 2.46. The number of rotatable bonds is 5. The molecule has 2 saturated heterocycles. The molecule has 0 aromatic heterocycles. The van der Waals surface area contributed by atoms with Gasteiger partial charge in [0.05, 0.1) is 0 Å². The lowest BCUT2D eigenvalue weighted by molar-refractivity contribution is -0.0166. The van der Waals surface area contributed by atoms with Crippen molar-refractivity contribution >= 4 is 0 Å². The van der Waals surface area contributed by atoms with Gasteiger partial charge < -0.3 is 5.11 Å². The topological polar surface area (TPSA) is 23.5 Å². The van der Waals surface area contributed by atoms with Gasteiger partial charge in [0.1, 0.15) is 0 Å². The predicted octanol–water partition coefficient (Wildman–Crippen LogP) is 3.91. The van der Waals surface area contributed by atoms with Crippen molar-refractivity contribution in [1.29, 1.82) is 0 Å². The van der Waals surface area contributed by atoms with Crippen LogP contribution in [0, 0.1) is 11.8 Å². The van der Waals surface area contributed by atoms with E-state index in [9.17, 15) is 5.11 Å². The molecule has 0 spiro atoms. The Morgan fingerprint density at radius 2 is 1.95 bits per heavy atom. The smallest absolute Gasteiger partial charge is 0.0445 e. The number of nitrogens with zero attached hydrogens (tertiary/aromatic N) is 1. The van der Waals surface area contributed by atoms with E-state index in [-0.39, 0.29) is 0 Å². The lowest BCUT2D eigenvalue weighted by atomic mass is 9.69. The standard InChI is InChI=1S/C19H31NO/c1-2-3-4-6-15-7-5-8-19-18(15)12-11-16-9-10-17(13-14-21)20(16)19/h2-4,15-19,21H,1,5-14H2/b4-3-/t15-,16-,17+,18+,19-/m1/s1. The Morgan fingerprint density at radius 1 is 1.10 bits per heavy atom. The van der Waals surface area contributed by atoms with Gasteiger partial charge in [0.15, 0.2) is 0 Å². The van der Waals surface area contributed by atoms with E-state index in [1.54, 1.807) is 0 Å². The number of fused-ring (bicyclic) bond motifs is 3. The van der Waals surface area contributed by atoms with Gasteiger partial charge in [0.25, 0.3) is 0 Å². The van der Waals surface area contributed by atoms with E-state index >= 15 is 0 Å². The zero-order chi connectivity index (χ0) is 14.7. The molecule has 2 aliphatic heterocycles. The summed E-state index contributed by atoms with van der Waals surface area (Å²) in [6.45, 7) is 4.14. The van der Waals surface area contributed by atoms with Gasteiger partial charge in [0, 0.05) is 24.7 Å². The molecule has 0 radical (unpaired) electrons. The highest BCUT2D eigenvalue weighted by Crippen LogP contribution is 2.47. The Bertz CT molecular complexity index is 378. The van der Waals surface area contributed by atoms with Crippen LogP contribution in [0.2, 0.25) is 0 Å². The molecule has 0 bridgehead atoms. The lowest BCUT2D eigenvalue weighted by Crippen LogP contribution is -2.54. The molecule has 2 nitrogen and oxygen atoms in total. The summed E-state index contributed by atoms with van der Waals surface area (Å²) in [6, 6.07) is 2.29. The minimum atomic E-state index is 0.358. The Morgan fingerprint density at radius 3 is 2.76 bits per heavy atom. The Labute approximate surface area is 129 Å². The van der Waals surface area contributed by atoms with Crippen molar-refractivity contribution in [3.63, 3.8) is 0 Å². The largest absolute Gasteiger partial charge is 0.396 e. The van der Waals surface area contributed by atoms with Crippen molar-refractivity contribution in [3.8, 4) is 0 Å². The van der Waals surface area contributed by atoms with E-state index in [4.69, 9.17) is 0 Å². The fraction of sp³-hybridized carbons (Fsp3) is 0.789. The number of hydrogen-bond acceptors (Lipinski definition) is 2. The van der Waals surface area contributed by atoms with Crippen molar-refractivity contribution in [2.75, 3.05) is 6.61 Å². The number of aliphatic hydroxyl groups is 1. The predicted molar refractivity (Wildman–Crippen MR) is 88.2 cm³/mol. The minimum absolute atomic E-state index is 0.358. The van der Waals surface area contributed by atoms with Crippen LogP contribution in [0.1, 0.15) is 57.8 Å². The van der Waals surface area contributed by atoms with E-state index in [1.807, 2.05) is 6.08 Å². The fourth-order valence-corrected chi connectivity index (χ4v) is 5.42. The van der Waals surface area contributed by atoms with Gasteiger partial charge in [-0.05, 0) is 63.2 Å². The highest BCUT2D eigenvalue weighted by molar-refractivity contribution is 5.04. The van der Waals surface area contributed by atoms with Gasteiger partial charge >= 0.3 is 0 Å². The normalized spacial score (nSPS) is 40.1. The number of allylic oxidation sites excluding steroid dienone is 3. The van der Waals surface area contributed by atoms with Crippen LogP contribution in [0.4, 0.5) is 0 Å². The molecule has 2 heterocycles. The third kappa shape index (κ3) is 3.12. The maximum atomic E-state index is 9.36. The summed E-state index contributed by atoms with van der Waals surface area (Å²) in [4.78, 5) is 2.85. The van der Waals surface area contributed by atoms with Crippen LogP contribution in [0.5, 0.6) is 0 Å². The summed E-state index contributed by atoms with van der Waals surface area (Å²) in [6.07, 6.45) is 18.3. The molecule has 0 unspecified atom stereocenters. The first-order valence-corrected chi connectivity index (χ1v) is 9.01. The van der Waals surface area contributed by atoms with Crippen LogP contribution in [-0.2, 0) is 0 Å². The second-order valence-corrected chi connectivity index (χ2v) is 7.24. The van der Waals surface area contributed by atoms with Crippen LogP contribution < -0.4 is 0 Å². The zero-order valence-corrected chi connectivity index (χ0v) is 13.3. The van der Waals surface area contributed by atoms with Gasteiger partial charge in [0.2, 0.25) is 0 Å². The molecule has 118 valence electrons. The van der Waals surface area contributed by atoms with E-state index < -0.39 is 0 Å². The van der Waals surface area contributed by atoms with Crippen molar-refractivity contribution in [2.45, 2.75) is 75.9 Å². The molecule has 5 atom stereocenters. The van der Waals surface area contributed by atoms with Crippen molar-refractivity contribution in [2.24, 2.45) is 11.8 Å². The Hall–Kier alpha value is -0.600. The average molecular weight is 289 g/mol. The summed E-state index contributed by atoms with van der Waals surface area (Å²) in [5.74, 6) is 1.76. The van der Waals surface area contributed by atoms with Gasteiger partial charge in [-0.2, -0.15) is 0 Å². The fourth-order valence-electron chi connectivity index (χ4n) is 5.42. The molecule has 1 saturated carbocycles. The third-order valence-electron chi connectivity index (χ3n) is 6.24. The Kier molecular flexibility index (Phi) is 5.18. The molecule has 21 heavy (non-hydrogen) atoms. The molecular formula is C19H31NO. The van der Waals surface area contributed by atoms with Crippen molar-refractivity contribution < 1.29 is 5.11 Å². The van der Waals surface area contributed by atoms with Crippen LogP contribution in [0.3, 0.4) is 0 Å². The summed E-state index contributed by atoms with van der Waals surface area (Å²) < 4.78 is 0. The van der Waals surface area contributed by atoms with Crippen LogP contribution >= 0.6 is 0 Å². The van der Waals surface area contributed by atoms with Crippen molar-refractivity contribution in [1.82, 2.24) is 4.90 Å². The lowest BCUT2D eigenvalue weighted by Gasteiger charge is -2.51. The first kappa shape index (κ1) is 15.3. The summed E-state index contributed by atoms with van der Waals surface area (Å²) in [5.41, 5.74) is 0. The van der Waals surface area contributed by atoms with E-state index in [1.165, 1.54) is 51.4 Å². The van der Waals surface area contributed by atoms with Gasteiger partial charge in [-0.3, -0.25) is 4.90 Å². The first-order chi connectivity index (χ1) is 10.3. The Balaban J connectivity index is 1.70. The van der Waals surface area contributed by atoms with E-state index in [0.29, 0.717) is 12.6 Å². The second-order valence-electron chi connectivity index (χ2n) is 7.24. The van der Waals surface area contributed by atoms with E-state index in [2.05, 4.69) is 23.6 Å². The molecule has 1 N–H and O–H groups in total. The quantitative estimate of drug-likeness (QED) is 0.776. The van der Waals surface area contributed by atoms with Crippen LogP contribution in [0.15, 0.2) is 24.8 Å². The second kappa shape index (κ2) is 7.11. The van der Waals surface area contributed by atoms with Crippen molar-refractivity contribution in [3.05, 3.63) is 24.8 Å². The number of piperidine rings is 1. The van der Waals surface area contributed by atoms with Crippen LogP contribution in [-0.4, -0.2) is 34.7 Å². The van der Waals surface area contributed by atoms with Gasteiger partial charge in [-0.25, -0.2) is 0 Å². The summed E-state index contributed by atoms with van der Waals surface area (Å²) in [5, 5.41) is 9.36. The highest BCUT2D eigenvalue weighted by atomic mass is 16.3. The molecule has 3 rings (SSSR count). The van der Waals surface area contributed by atoms with E-state index in [0.717, 1.165) is 30.3 Å².